The molecule has 0 bridgehead atoms. The number of amides is 1. The maximum atomic E-state index is 12.3. The number of nitrogens with one attached hydrogen (secondary N) is 1. The molecular formula is C17H19N5O2S. The van der Waals surface area contributed by atoms with Crippen molar-refractivity contribution in [1.82, 2.24) is 9.97 Å². The minimum absolute atomic E-state index is 0.0309. The van der Waals surface area contributed by atoms with Crippen LogP contribution < -0.4 is 15.8 Å². The van der Waals surface area contributed by atoms with Gasteiger partial charge in [-0.15, -0.1) is 0 Å². The number of aliphatic imine (C=N–C) groups is 1. The fraction of sp³-hybridized carbons (Fsp3) is 0.294. The van der Waals surface area contributed by atoms with Gasteiger partial charge < -0.3 is 15.8 Å². The summed E-state index contributed by atoms with van der Waals surface area (Å²) in [5.41, 5.74) is 7.75. The third-order valence-corrected chi connectivity index (χ3v) is 4.45. The smallest absolute Gasteiger partial charge is 0.275 e. The Morgan fingerprint density at radius 2 is 2.28 bits per heavy atom. The largest absolute Gasteiger partial charge is 0.477 e. The maximum absolute atomic E-state index is 12.3. The summed E-state index contributed by atoms with van der Waals surface area (Å²) in [5, 5.41) is 3.44. The van der Waals surface area contributed by atoms with E-state index >= 15 is 0 Å². The summed E-state index contributed by atoms with van der Waals surface area (Å²) in [6.45, 7) is 2.36. The molecule has 1 amide bonds. The third kappa shape index (κ3) is 4.48. The van der Waals surface area contributed by atoms with E-state index in [-0.39, 0.29) is 17.6 Å². The van der Waals surface area contributed by atoms with Crippen molar-refractivity contribution >= 4 is 28.5 Å². The number of rotatable bonds is 5. The monoisotopic (exact) mass is 357 g/mol. The number of hydrogen-bond acceptors (Lipinski definition) is 7. The summed E-state index contributed by atoms with van der Waals surface area (Å²) in [5.74, 6) is 1.01. The van der Waals surface area contributed by atoms with Crippen molar-refractivity contribution < 1.29 is 9.53 Å². The summed E-state index contributed by atoms with van der Waals surface area (Å²) >= 11 is 1.57. The topological polar surface area (TPSA) is 102 Å². The van der Waals surface area contributed by atoms with Gasteiger partial charge in [-0.25, -0.2) is 9.97 Å². The van der Waals surface area contributed by atoms with Crippen LogP contribution in [0.15, 0.2) is 41.7 Å². The first kappa shape index (κ1) is 17.2. The van der Waals surface area contributed by atoms with E-state index < -0.39 is 0 Å². The highest BCUT2D eigenvalue weighted by Crippen LogP contribution is 2.29. The zero-order valence-electron chi connectivity index (χ0n) is 13.8. The molecule has 1 aromatic heterocycles. The second kappa shape index (κ2) is 7.98. The Morgan fingerprint density at radius 3 is 3.00 bits per heavy atom. The summed E-state index contributed by atoms with van der Waals surface area (Å²) < 4.78 is 5.22. The molecule has 1 atom stereocenters. The van der Waals surface area contributed by atoms with E-state index in [4.69, 9.17) is 10.5 Å². The number of thioether (sulfide) groups is 1. The molecule has 0 saturated heterocycles. The van der Waals surface area contributed by atoms with Crippen molar-refractivity contribution in [2.45, 2.75) is 19.4 Å². The Kier molecular flexibility index (Phi) is 5.49. The zero-order valence-corrected chi connectivity index (χ0v) is 14.6. The number of amidine groups is 1. The Hall–Kier alpha value is -2.61. The highest BCUT2D eigenvalue weighted by atomic mass is 32.2. The molecule has 1 aromatic carbocycles. The van der Waals surface area contributed by atoms with Crippen LogP contribution in [0.4, 0.5) is 5.69 Å². The van der Waals surface area contributed by atoms with Gasteiger partial charge in [0.1, 0.15) is 5.69 Å². The Labute approximate surface area is 150 Å². The van der Waals surface area contributed by atoms with E-state index in [1.165, 1.54) is 12.4 Å². The number of nitrogens with two attached hydrogens (primary N) is 1. The van der Waals surface area contributed by atoms with Gasteiger partial charge in [0.2, 0.25) is 5.88 Å². The van der Waals surface area contributed by atoms with Gasteiger partial charge >= 0.3 is 0 Å². The summed E-state index contributed by atoms with van der Waals surface area (Å²) in [6, 6.07) is 7.65. The van der Waals surface area contributed by atoms with Gasteiger partial charge in [-0.2, -0.15) is 0 Å². The standard InChI is InChI=1S/C17H19N5O2S/c1-2-24-15-10-19-14(9-20-15)16(23)21-12-5-3-4-11(8-12)13-6-7-25-17(18)22-13/h3-5,8-10,13H,2,6-7H2,1H3,(H2,18,22)(H,21,23). The predicted octanol–water partition coefficient (Wildman–Crippen LogP) is 2.62. The third-order valence-electron chi connectivity index (χ3n) is 3.61. The highest BCUT2D eigenvalue weighted by molar-refractivity contribution is 8.13. The Balaban J connectivity index is 1.71. The minimum atomic E-state index is -0.324. The minimum Gasteiger partial charge on any atom is -0.477 e. The van der Waals surface area contributed by atoms with E-state index in [9.17, 15) is 4.79 Å². The quantitative estimate of drug-likeness (QED) is 0.853. The highest BCUT2D eigenvalue weighted by Gasteiger charge is 2.17. The lowest BCUT2D eigenvalue weighted by atomic mass is 10.0. The number of hydrogen-bond donors (Lipinski definition) is 2. The van der Waals surface area contributed by atoms with Crippen molar-refractivity contribution in [2.24, 2.45) is 10.7 Å². The molecule has 1 unspecified atom stereocenters. The van der Waals surface area contributed by atoms with Crippen LogP contribution in [0.5, 0.6) is 5.88 Å². The lowest BCUT2D eigenvalue weighted by Gasteiger charge is -2.19. The lowest BCUT2D eigenvalue weighted by molar-refractivity contribution is 0.102. The van der Waals surface area contributed by atoms with Crippen molar-refractivity contribution in [2.75, 3.05) is 17.7 Å². The number of carbonyl (C=O) groups excluding carboxylic acids is 1. The molecule has 130 valence electrons. The van der Waals surface area contributed by atoms with Gasteiger partial charge in [-0.05, 0) is 31.0 Å². The average Bonchev–Trinajstić information content (AvgIpc) is 2.63. The van der Waals surface area contributed by atoms with Gasteiger partial charge in [-0.3, -0.25) is 9.79 Å². The number of aromatic nitrogens is 2. The van der Waals surface area contributed by atoms with Crippen LogP contribution >= 0.6 is 11.8 Å². The molecule has 8 heteroatoms. The number of benzene rings is 1. The van der Waals surface area contributed by atoms with Gasteiger partial charge in [0.15, 0.2) is 5.17 Å². The van der Waals surface area contributed by atoms with Crippen LogP contribution in [-0.4, -0.2) is 33.4 Å². The fourth-order valence-corrected chi connectivity index (χ4v) is 3.20. The molecule has 2 aromatic rings. The summed E-state index contributed by atoms with van der Waals surface area (Å²) in [6.07, 6.45) is 3.76. The van der Waals surface area contributed by atoms with Gasteiger partial charge in [0.05, 0.1) is 25.0 Å². The molecule has 0 fully saturated rings. The second-order valence-corrected chi connectivity index (χ2v) is 6.49. The summed E-state index contributed by atoms with van der Waals surface area (Å²) in [7, 11) is 0. The van der Waals surface area contributed by atoms with E-state index in [2.05, 4.69) is 20.3 Å². The van der Waals surface area contributed by atoms with E-state index in [1.807, 2.05) is 31.2 Å². The molecule has 1 aliphatic heterocycles. The van der Waals surface area contributed by atoms with E-state index in [1.54, 1.807) is 11.8 Å². The number of carbonyl (C=O) groups is 1. The van der Waals surface area contributed by atoms with Crippen molar-refractivity contribution in [3.8, 4) is 5.88 Å². The normalized spacial score (nSPS) is 16.8. The molecule has 3 N–H and O–H groups in total. The number of ether oxygens (including phenoxy) is 1. The first-order chi connectivity index (χ1) is 12.2. The van der Waals surface area contributed by atoms with Crippen LogP contribution in [-0.2, 0) is 0 Å². The van der Waals surface area contributed by atoms with Crippen LogP contribution in [0.25, 0.3) is 0 Å². The maximum Gasteiger partial charge on any atom is 0.275 e. The molecule has 0 aliphatic carbocycles. The molecule has 0 radical (unpaired) electrons. The van der Waals surface area contributed by atoms with Crippen LogP contribution in [0.3, 0.4) is 0 Å². The van der Waals surface area contributed by atoms with E-state index in [0.717, 1.165) is 17.7 Å². The van der Waals surface area contributed by atoms with Gasteiger partial charge in [-0.1, -0.05) is 23.9 Å². The van der Waals surface area contributed by atoms with Crippen molar-refractivity contribution in [3.05, 3.63) is 47.9 Å². The molecule has 0 spiro atoms. The van der Waals surface area contributed by atoms with E-state index in [0.29, 0.717) is 23.3 Å². The first-order valence-electron chi connectivity index (χ1n) is 7.98. The van der Waals surface area contributed by atoms with Gasteiger partial charge in [0.25, 0.3) is 5.91 Å². The predicted molar refractivity (Wildman–Crippen MR) is 99.0 cm³/mol. The molecular weight excluding hydrogens is 338 g/mol. The molecule has 25 heavy (non-hydrogen) atoms. The second-order valence-electron chi connectivity index (χ2n) is 5.37. The summed E-state index contributed by atoms with van der Waals surface area (Å²) in [4.78, 5) is 24.9. The van der Waals surface area contributed by atoms with Gasteiger partial charge in [0, 0.05) is 11.4 Å². The van der Waals surface area contributed by atoms with Crippen LogP contribution in [0, 0.1) is 0 Å². The lowest BCUT2D eigenvalue weighted by Crippen LogP contribution is -2.16. The van der Waals surface area contributed by atoms with Crippen molar-refractivity contribution in [1.29, 1.82) is 0 Å². The molecule has 2 heterocycles. The van der Waals surface area contributed by atoms with Crippen LogP contribution in [0.2, 0.25) is 0 Å². The Bertz CT molecular complexity index is 779. The molecule has 0 saturated carbocycles. The number of nitrogens with zero attached hydrogens (tertiary/aromatic N) is 3. The molecule has 7 nitrogen and oxygen atoms in total. The number of anilines is 1. The van der Waals surface area contributed by atoms with Crippen molar-refractivity contribution in [3.63, 3.8) is 0 Å². The van der Waals surface area contributed by atoms with Crippen LogP contribution in [0.1, 0.15) is 35.4 Å². The zero-order chi connectivity index (χ0) is 17.6. The molecule has 3 rings (SSSR count). The first-order valence-corrected chi connectivity index (χ1v) is 8.96. The Morgan fingerprint density at radius 1 is 1.40 bits per heavy atom. The molecule has 1 aliphatic rings. The average molecular weight is 357 g/mol. The fourth-order valence-electron chi connectivity index (χ4n) is 2.45. The SMILES string of the molecule is CCOc1cnc(C(=O)Nc2cccc(C3CCSC(N)=N3)c2)cn1.